The molecule has 1 aromatic heterocycles. The van der Waals surface area contributed by atoms with Crippen LogP contribution in [0.25, 0.3) is 0 Å². The first kappa shape index (κ1) is 14.9. The monoisotopic (exact) mass is 316 g/mol. The molecule has 23 heavy (non-hydrogen) atoms. The van der Waals surface area contributed by atoms with Gasteiger partial charge in [-0.1, -0.05) is 0 Å². The molecule has 6 heteroatoms. The minimum absolute atomic E-state index is 0.170. The number of hydrogen-bond donors (Lipinski definition) is 0. The second kappa shape index (κ2) is 5.74. The molecular weight excluding hydrogens is 292 g/mol. The van der Waals surface area contributed by atoms with Crippen LogP contribution in [0, 0.1) is 5.92 Å². The van der Waals surface area contributed by atoms with E-state index in [1.54, 1.807) is 12.4 Å². The van der Waals surface area contributed by atoms with Gasteiger partial charge in [0.05, 0.1) is 18.2 Å². The quantitative estimate of drug-likeness (QED) is 0.845. The van der Waals surface area contributed by atoms with Gasteiger partial charge in [0.1, 0.15) is 0 Å². The van der Waals surface area contributed by atoms with Crippen molar-refractivity contribution >= 4 is 11.9 Å². The summed E-state index contributed by atoms with van der Waals surface area (Å²) in [4.78, 5) is 25.2. The fraction of sp³-hybridized carbons (Fsp3) is 0.706. The van der Waals surface area contributed by atoms with Gasteiger partial charge in [-0.15, -0.1) is 0 Å². The molecule has 2 atom stereocenters. The maximum absolute atomic E-state index is 12.4. The standard InChI is InChI=1S/C17H24N4O2/c1-20(16-18-7-3-8-19-16)14-10-17(23-11-14)6-2-9-21(12-17)15(22)13-4-5-13/h3,7-8,13-14H,2,4-6,9-12H2,1H3. The topological polar surface area (TPSA) is 58.6 Å². The van der Waals surface area contributed by atoms with Gasteiger partial charge in [-0.2, -0.15) is 0 Å². The smallest absolute Gasteiger partial charge is 0.225 e. The first-order valence-corrected chi connectivity index (χ1v) is 8.59. The molecule has 2 aliphatic heterocycles. The lowest BCUT2D eigenvalue weighted by Gasteiger charge is -2.40. The molecule has 0 aromatic carbocycles. The van der Waals surface area contributed by atoms with Gasteiger partial charge in [0, 0.05) is 44.9 Å². The summed E-state index contributed by atoms with van der Waals surface area (Å²) in [6, 6.07) is 2.10. The van der Waals surface area contributed by atoms with Gasteiger partial charge in [-0.25, -0.2) is 9.97 Å². The average molecular weight is 316 g/mol. The summed E-state index contributed by atoms with van der Waals surface area (Å²) in [6.07, 6.45) is 8.69. The van der Waals surface area contributed by atoms with Gasteiger partial charge in [0.15, 0.2) is 0 Å². The molecular formula is C17H24N4O2. The minimum atomic E-state index is -0.170. The lowest BCUT2D eigenvalue weighted by molar-refractivity contribution is -0.140. The van der Waals surface area contributed by atoms with Gasteiger partial charge >= 0.3 is 0 Å². The Kier molecular flexibility index (Phi) is 3.71. The van der Waals surface area contributed by atoms with Gasteiger partial charge in [0.2, 0.25) is 11.9 Å². The molecule has 124 valence electrons. The second-order valence-electron chi connectivity index (χ2n) is 7.15. The summed E-state index contributed by atoms with van der Waals surface area (Å²) >= 11 is 0. The molecule has 3 fully saturated rings. The SMILES string of the molecule is CN(c1ncccn1)C1COC2(CCCN(C(=O)C3CC3)C2)C1. The van der Waals surface area contributed by atoms with E-state index in [9.17, 15) is 4.79 Å². The van der Waals surface area contributed by atoms with Crippen LogP contribution in [0.15, 0.2) is 18.5 Å². The Bertz CT molecular complexity index is 577. The Morgan fingerprint density at radius 2 is 2.17 bits per heavy atom. The molecule has 1 saturated carbocycles. The molecule has 2 unspecified atom stereocenters. The zero-order valence-electron chi connectivity index (χ0n) is 13.6. The number of hydrogen-bond acceptors (Lipinski definition) is 5. The number of likely N-dealkylation sites (tertiary alicyclic amines) is 1. The van der Waals surface area contributed by atoms with E-state index >= 15 is 0 Å². The second-order valence-corrected chi connectivity index (χ2v) is 7.15. The fourth-order valence-electron chi connectivity index (χ4n) is 3.86. The van der Waals surface area contributed by atoms with Crippen molar-refractivity contribution in [2.45, 2.75) is 43.7 Å². The van der Waals surface area contributed by atoms with E-state index in [2.05, 4.69) is 14.9 Å². The molecule has 1 aromatic rings. The molecule has 1 amide bonds. The highest BCUT2D eigenvalue weighted by atomic mass is 16.5. The van der Waals surface area contributed by atoms with Gasteiger partial charge in [-0.05, 0) is 31.7 Å². The molecule has 4 rings (SSSR count). The number of carbonyl (C=O) groups is 1. The Morgan fingerprint density at radius 1 is 1.39 bits per heavy atom. The Morgan fingerprint density at radius 3 is 2.91 bits per heavy atom. The number of aromatic nitrogens is 2. The Labute approximate surface area is 136 Å². The van der Waals surface area contributed by atoms with Crippen LogP contribution < -0.4 is 4.90 Å². The van der Waals surface area contributed by atoms with E-state index in [0.717, 1.165) is 51.1 Å². The maximum Gasteiger partial charge on any atom is 0.225 e. The highest BCUT2D eigenvalue weighted by molar-refractivity contribution is 5.81. The fourth-order valence-corrected chi connectivity index (χ4v) is 3.86. The third-order valence-electron chi connectivity index (χ3n) is 5.38. The number of rotatable bonds is 3. The highest BCUT2D eigenvalue weighted by Crippen LogP contribution is 2.39. The molecule has 6 nitrogen and oxygen atoms in total. The largest absolute Gasteiger partial charge is 0.371 e. The van der Waals surface area contributed by atoms with Crippen molar-refractivity contribution < 1.29 is 9.53 Å². The maximum atomic E-state index is 12.4. The highest BCUT2D eigenvalue weighted by Gasteiger charge is 2.47. The van der Waals surface area contributed by atoms with Crippen LogP contribution in [0.1, 0.15) is 32.1 Å². The zero-order chi connectivity index (χ0) is 15.9. The van der Waals surface area contributed by atoms with Crippen molar-refractivity contribution in [3.63, 3.8) is 0 Å². The summed E-state index contributed by atoms with van der Waals surface area (Å²) in [7, 11) is 2.03. The molecule has 1 aliphatic carbocycles. The third-order valence-corrected chi connectivity index (χ3v) is 5.38. The zero-order valence-corrected chi connectivity index (χ0v) is 13.6. The van der Waals surface area contributed by atoms with Crippen LogP contribution in [-0.2, 0) is 9.53 Å². The summed E-state index contributed by atoms with van der Waals surface area (Å²) in [5.41, 5.74) is -0.170. The number of carbonyl (C=O) groups excluding carboxylic acids is 1. The minimum Gasteiger partial charge on any atom is -0.371 e. The average Bonchev–Trinajstić information content (AvgIpc) is 3.37. The van der Waals surface area contributed by atoms with Crippen molar-refractivity contribution in [1.82, 2.24) is 14.9 Å². The molecule has 3 aliphatic rings. The number of amides is 1. The molecule has 2 saturated heterocycles. The van der Waals surface area contributed by atoms with Crippen LogP contribution in [0.3, 0.4) is 0 Å². The number of piperidine rings is 1. The number of likely N-dealkylation sites (N-methyl/N-ethyl adjacent to an activating group) is 1. The van der Waals surface area contributed by atoms with E-state index in [1.165, 1.54) is 0 Å². The van der Waals surface area contributed by atoms with Crippen molar-refractivity contribution in [2.75, 3.05) is 31.6 Å². The van der Waals surface area contributed by atoms with E-state index in [-0.39, 0.29) is 11.6 Å². The predicted octanol–water partition coefficient (Wildman–Crippen LogP) is 1.47. The molecule has 1 spiro atoms. The van der Waals surface area contributed by atoms with Crippen LogP contribution in [0.2, 0.25) is 0 Å². The summed E-state index contributed by atoms with van der Waals surface area (Å²) in [5, 5.41) is 0. The Balaban J connectivity index is 1.43. The molecule has 0 radical (unpaired) electrons. The van der Waals surface area contributed by atoms with Crippen LogP contribution in [0.4, 0.5) is 5.95 Å². The first-order valence-electron chi connectivity index (χ1n) is 8.59. The summed E-state index contributed by atoms with van der Waals surface area (Å²) in [6.45, 7) is 2.32. The summed E-state index contributed by atoms with van der Waals surface area (Å²) in [5.74, 6) is 1.37. The lowest BCUT2D eigenvalue weighted by Crippen LogP contribution is -2.51. The van der Waals surface area contributed by atoms with Gasteiger partial charge in [-0.3, -0.25) is 4.79 Å². The van der Waals surface area contributed by atoms with Crippen molar-refractivity contribution in [2.24, 2.45) is 5.92 Å². The van der Waals surface area contributed by atoms with Crippen molar-refractivity contribution in [3.8, 4) is 0 Å². The van der Waals surface area contributed by atoms with E-state index in [0.29, 0.717) is 18.4 Å². The first-order chi connectivity index (χ1) is 11.2. The predicted molar refractivity (Wildman–Crippen MR) is 86.1 cm³/mol. The molecule has 0 N–H and O–H groups in total. The van der Waals surface area contributed by atoms with Crippen LogP contribution >= 0.6 is 0 Å². The normalized spacial score (nSPS) is 30.7. The van der Waals surface area contributed by atoms with Crippen LogP contribution in [-0.4, -0.2) is 59.2 Å². The van der Waals surface area contributed by atoms with Crippen LogP contribution in [0.5, 0.6) is 0 Å². The van der Waals surface area contributed by atoms with E-state index in [4.69, 9.17) is 4.74 Å². The number of anilines is 1. The van der Waals surface area contributed by atoms with E-state index in [1.807, 2.05) is 18.0 Å². The number of nitrogens with zero attached hydrogens (tertiary/aromatic N) is 4. The van der Waals surface area contributed by atoms with E-state index < -0.39 is 0 Å². The molecule has 3 heterocycles. The van der Waals surface area contributed by atoms with Gasteiger partial charge in [0.25, 0.3) is 0 Å². The van der Waals surface area contributed by atoms with Crippen molar-refractivity contribution in [3.05, 3.63) is 18.5 Å². The number of ether oxygens (including phenoxy) is 1. The Hall–Kier alpha value is -1.69. The molecule has 0 bridgehead atoms. The van der Waals surface area contributed by atoms with Crippen molar-refractivity contribution in [1.29, 1.82) is 0 Å². The summed E-state index contributed by atoms with van der Waals surface area (Å²) < 4.78 is 6.23. The lowest BCUT2D eigenvalue weighted by atomic mass is 9.88. The van der Waals surface area contributed by atoms with Gasteiger partial charge < -0.3 is 14.5 Å². The third kappa shape index (κ3) is 2.92.